The van der Waals surface area contributed by atoms with Gasteiger partial charge in [-0.05, 0) is 42.8 Å². The fourth-order valence-electron chi connectivity index (χ4n) is 2.47. The predicted molar refractivity (Wildman–Crippen MR) is 99.8 cm³/mol. The normalized spacial score (nSPS) is 10.7. The van der Waals surface area contributed by atoms with Crippen molar-refractivity contribution < 1.29 is 14.0 Å². The summed E-state index contributed by atoms with van der Waals surface area (Å²) in [4.78, 5) is 24.5. The number of thiophene rings is 1. The number of hydrogen-bond donors (Lipinski definition) is 2. The summed E-state index contributed by atoms with van der Waals surface area (Å²) in [6, 6.07) is 11.7. The minimum Gasteiger partial charge on any atom is -0.326 e. The lowest BCUT2D eigenvalue weighted by Gasteiger charge is -2.12. The highest BCUT2D eigenvalue weighted by Gasteiger charge is 2.14. The van der Waals surface area contributed by atoms with Crippen LogP contribution in [0.15, 0.2) is 42.5 Å². The van der Waals surface area contributed by atoms with Crippen LogP contribution in [-0.2, 0) is 4.79 Å². The lowest BCUT2D eigenvalue weighted by atomic mass is 10.1. The van der Waals surface area contributed by atoms with E-state index in [2.05, 4.69) is 10.6 Å². The first-order valence-electron chi connectivity index (χ1n) is 7.88. The second kappa shape index (κ2) is 7.03. The Morgan fingerprint density at radius 1 is 1.08 bits per heavy atom. The Morgan fingerprint density at radius 3 is 2.44 bits per heavy atom. The van der Waals surface area contributed by atoms with E-state index in [1.165, 1.54) is 17.4 Å². The molecule has 6 heteroatoms. The number of carbonyl (C=O) groups excluding carboxylic acids is 2. The van der Waals surface area contributed by atoms with Crippen molar-refractivity contribution in [2.24, 2.45) is 0 Å². The molecule has 0 aliphatic heterocycles. The van der Waals surface area contributed by atoms with E-state index in [-0.39, 0.29) is 17.6 Å². The van der Waals surface area contributed by atoms with Gasteiger partial charge < -0.3 is 10.6 Å². The Morgan fingerprint density at radius 2 is 1.76 bits per heavy atom. The van der Waals surface area contributed by atoms with Gasteiger partial charge >= 0.3 is 0 Å². The fourth-order valence-corrected chi connectivity index (χ4v) is 3.44. The average Bonchev–Trinajstić information content (AvgIpc) is 3.04. The number of carbonyl (C=O) groups is 2. The molecule has 1 heterocycles. The maximum absolute atomic E-state index is 13.8. The van der Waals surface area contributed by atoms with Gasteiger partial charge in [0.15, 0.2) is 0 Å². The largest absolute Gasteiger partial charge is 0.326 e. The number of amides is 2. The van der Waals surface area contributed by atoms with Crippen molar-refractivity contribution >= 4 is 44.6 Å². The summed E-state index contributed by atoms with van der Waals surface area (Å²) in [6.07, 6.45) is 0.378. The molecule has 0 spiro atoms. The number of halogens is 1. The van der Waals surface area contributed by atoms with Crippen LogP contribution >= 0.6 is 11.3 Å². The highest BCUT2D eigenvalue weighted by Crippen LogP contribution is 2.29. The number of benzene rings is 2. The van der Waals surface area contributed by atoms with Crippen molar-refractivity contribution in [2.75, 3.05) is 10.6 Å². The molecule has 0 aliphatic rings. The van der Waals surface area contributed by atoms with Gasteiger partial charge in [0.05, 0.1) is 4.88 Å². The Bertz CT molecular complexity index is 965. The first-order valence-corrected chi connectivity index (χ1v) is 8.70. The van der Waals surface area contributed by atoms with Crippen molar-refractivity contribution in [3.63, 3.8) is 0 Å². The first kappa shape index (κ1) is 17.1. The molecule has 0 radical (unpaired) electrons. The van der Waals surface area contributed by atoms with Crippen LogP contribution in [0.1, 0.15) is 28.6 Å². The van der Waals surface area contributed by atoms with Crippen LogP contribution in [0.25, 0.3) is 10.1 Å². The Hall–Kier alpha value is -2.73. The Balaban J connectivity index is 1.86. The minimum absolute atomic E-state index is 0.0911. The third kappa shape index (κ3) is 3.53. The molecule has 2 N–H and O–H groups in total. The van der Waals surface area contributed by atoms with E-state index >= 15 is 0 Å². The van der Waals surface area contributed by atoms with Gasteiger partial charge in [0.1, 0.15) is 5.82 Å². The van der Waals surface area contributed by atoms with E-state index in [1.807, 2.05) is 6.92 Å². The molecular formula is C19H17FN2O2S. The van der Waals surface area contributed by atoms with Crippen LogP contribution < -0.4 is 10.6 Å². The molecule has 2 amide bonds. The van der Waals surface area contributed by atoms with E-state index in [0.29, 0.717) is 28.1 Å². The Labute approximate surface area is 148 Å². The van der Waals surface area contributed by atoms with Gasteiger partial charge in [0.2, 0.25) is 5.91 Å². The molecule has 0 atom stereocenters. The van der Waals surface area contributed by atoms with Gasteiger partial charge in [-0.3, -0.25) is 9.59 Å². The van der Waals surface area contributed by atoms with Gasteiger partial charge in [-0.25, -0.2) is 4.39 Å². The number of hydrogen-bond acceptors (Lipinski definition) is 3. The lowest BCUT2D eigenvalue weighted by Crippen LogP contribution is -2.14. The predicted octanol–water partition coefficient (Wildman–Crippen LogP) is 4.95. The topological polar surface area (TPSA) is 58.2 Å². The molecule has 0 bridgehead atoms. The molecule has 3 rings (SSSR count). The van der Waals surface area contributed by atoms with Crippen LogP contribution in [0.4, 0.5) is 15.8 Å². The van der Waals surface area contributed by atoms with Gasteiger partial charge in [-0.1, -0.05) is 19.1 Å². The molecule has 0 fully saturated rings. The molecule has 2 aromatic carbocycles. The summed E-state index contributed by atoms with van der Waals surface area (Å²) in [7, 11) is 0. The van der Waals surface area contributed by atoms with E-state index < -0.39 is 0 Å². The molecule has 128 valence electrons. The standard InChI is InChI=1S/C19H17FN2O2S/c1-3-18(23)21-14-7-5-8-15(11(14)2)22-19(24)17-10-12-13(20)6-4-9-16(12)25-17/h4-10H,3H2,1-2H3,(H,21,23)(H,22,24). The maximum atomic E-state index is 13.8. The first-order chi connectivity index (χ1) is 12.0. The molecule has 25 heavy (non-hydrogen) atoms. The quantitative estimate of drug-likeness (QED) is 0.695. The van der Waals surface area contributed by atoms with E-state index in [1.54, 1.807) is 43.3 Å². The number of anilines is 2. The summed E-state index contributed by atoms with van der Waals surface area (Å²) in [6.45, 7) is 3.60. The van der Waals surface area contributed by atoms with Gasteiger partial charge in [-0.2, -0.15) is 0 Å². The molecule has 0 aliphatic carbocycles. The Kier molecular flexibility index (Phi) is 4.81. The van der Waals surface area contributed by atoms with Crippen LogP contribution in [0.5, 0.6) is 0 Å². The van der Waals surface area contributed by atoms with Gasteiger partial charge in [0.25, 0.3) is 5.91 Å². The summed E-state index contributed by atoms with van der Waals surface area (Å²) in [5, 5.41) is 6.08. The van der Waals surface area contributed by atoms with E-state index in [0.717, 1.165) is 10.3 Å². The highest BCUT2D eigenvalue weighted by atomic mass is 32.1. The fraction of sp³-hybridized carbons (Fsp3) is 0.158. The zero-order valence-electron chi connectivity index (χ0n) is 13.9. The summed E-state index contributed by atoms with van der Waals surface area (Å²) >= 11 is 1.24. The zero-order valence-corrected chi connectivity index (χ0v) is 14.7. The van der Waals surface area contributed by atoms with Crippen molar-refractivity contribution in [1.29, 1.82) is 0 Å². The summed E-state index contributed by atoms with van der Waals surface area (Å²) in [5.41, 5.74) is 2.04. The molecule has 3 aromatic rings. The molecule has 0 saturated carbocycles. The second-order valence-corrected chi connectivity index (χ2v) is 6.68. The summed E-state index contributed by atoms with van der Waals surface area (Å²) < 4.78 is 14.5. The van der Waals surface area contributed by atoms with E-state index in [9.17, 15) is 14.0 Å². The highest BCUT2D eigenvalue weighted by molar-refractivity contribution is 7.20. The van der Waals surface area contributed by atoms with Crippen molar-refractivity contribution in [1.82, 2.24) is 0 Å². The van der Waals surface area contributed by atoms with Crippen LogP contribution in [0, 0.1) is 12.7 Å². The van der Waals surface area contributed by atoms with Crippen LogP contribution in [0.3, 0.4) is 0 Å². The van der Waals surface area contributed by atoms with Crippen molar-refractivity contribution in [3.8, 4) is 0 Å². The summed E-state index contributed by atoms with van der Waals surface area (Å²) in [5.74, 6) is -0.734. The monoisotopic (exact) mass is 356 g/mol. The number of nitrogens with one attached hydrogen (secondary N) is 2. The smallest absolute Gasteiger partial charge is 0.265 e. The minimum atomic E-state index is -0.340. The maximum Gasteiger partial charge on any atom is 0.265 e. The molecule has 1 aromatic heterocycles. The van der Waals surface area contributed by atoms with Crippen molar-refractivity contribution in [3.05, 3.63) is 58.7 Å². The molecule has 0 saturated heterocycles. The van der Waals surface area contributed by atoms with Crippen LogP contribution in [-0.4, -0.2) is 11.8 Å². The molecule has 4 nitrogen and oxygen atoms in total. The average molecular weight is 356 g/mol. The lowest BCUT2D eigenvalue weighted by molar-refractivity contribution is -0.115. The van der Waals surface area contributed by atoms with Gasteiger partial charge in [0, 0.05) is 27.9 Å². The number of fused-ring (bicyclic) bond motifs is 1. The second-order valence-electron chi connectivity index (χ2n) is 5.60. The third-order valence-electron chi connectivity index (χ3n) is 3.91. The zero-order chi connectivity index (χ0) is 18.0. The van der Waals surface area contributed by atoms with Gasteiger partial charge in [-0.15, -0.1) is 11.3 Å². The van der Waals surface area contributed by atoms with Crippen molar-refractivity contribution in [2.45, 2.75) is 20.3 Å². The number of rotatable bonds is 4. The molecule has 0 unspecified atom stereocenters. The molecular weight excluding hydrogens is 339 g/mol. The third-order valence-corrected chi connectivity index (χ3v) is 5.01. The SMILES string of the molecule is CCC(=O)Nc1cccc(NC(=O)c2cc3c(F)cccc3s2)c1C. The van der Waals surface area contributed by atoms with Crippen LogP contribution in [0.2, 0.25) is 0 Å². The van der Waals surface area contributed by atoms with E-state index in [4.69, 9.17) is 0 Å².